The van der Waals surface area contributed by atoms with Crippen molar-refractivity contribution < 1.29 is 4.79 Å². The molecule has 2 aromatic heterocycles. The molecule has 0 spiro atoms. The van der Waals surface area contributed by atoms with Gasteiger partial charge in [0.15, 0.2) is 0 Å². The van der Waals surface area contributed by atoms with Crippen molar-refractivity contribution >= 4 is 17.3 Å². The van der Waals surface area contributed by atoms with Gasteiger partial charge in [0.25, 0.3) is 5.91 Å². The molecular weight excluding hydrogens is 312 g/mol. The monoisotopic (exact) mass is 332 g/mol. The summed E-state index contributed by atoms with van der Waals surface area (Å²) in [7, 11) is 0. The molecule has 0 radical (unpaired) electrons. The van der Waals surface area contributed by atoms with Crippen LogP contribution < -0.4 is 10.6 Å². The van der Waals surface area contributed by atoms with E-state index in [-0.39, 0.29) is 5.91 Å². The van der Waals surface area contributed by atoms with Crippen molar-refractivity contribution in [3.8, 4) is 0 Å². The van der Waals surface area contributed by atoms with Crippen molar-refractivity contribution in [1.82, 2.24) is 9.97 Å². The van der Waals surface area contributed by atoms with Crippen molar-refractivity contribution in [3.05, 3.63) is 83.4 Å². The Balaban J connectivity index is 1.70. The van der Waals surface area contributed by atoms with Gasteiger partial charge in [0.2, 0.25) is 0 Å². The van der Waals surface area contributed by atoms with Crippen molar-refractivity contribution in [2.24, 2.45) is 0 Å². The van der Waals surface area contributed by atoms with Crippen molar-refractivity contribution in [2.75, 3.05) is 10.6 Å². The number of anilines is 2. The first-order valence-electron chi connectivity index (χ1n) is 8.09. The van der Waals surface area contributed by atoms with E-state index in [4.69, 9.17) is 0 Å². The van der Waals surface area contributed by atoms with Crippen LogP contribution in [-0.2, 0) is 6.54 Å². The number of nitrogens with one attached hydrogen (secondary N) is 2. The lowest BCUT2D eigenvalue weighted by molar-refractivity contribution is 0.102. The molecule has 3 aromatic rings. The molecule has 0 unspecified atom stereocenters. The minimum Gasteiger partial charge on any atom is -0.380 e. The summed E-state index contributed by atoms with van der Waals surface area (Å²) in [6, 6.07) is 11.5. The Hall–Kier alpha value is -3.21. The van der Waals surface area contributed by atoms with Gasteiger partial charge in [-0.05, 0) is 54.8 Å². The minimum atomic E-state index is -0.172. The fourth-order valence-corrected chi connectivity index (χ4v) is 2.45. The van der Waals surface area contributed by atoms with E-state index in [0.717, 1.165) is 28.1 Å². The van der Waals surface area contributed by atoms with E-state index in [1.54, 1.807) is 30.9 Å². The van der Waals surface area contributed by atoms with Crippen LogP contribution in [0.5, 0.6) is 0 Å². The lowest BCUT2D eigenvalue weighted by atomic mass is 10.1. The highest BCUT2D eigenvalue weighted by atomic mass is 16.1. The molecule has 0 saturated heterocycles. The van der Waals surface area contributed by atoms with Crippen molar-refractivity contribution in [1.29, 1.82) is 0 Å². The van der Waals surface area contributed by atoms with Gasteiger partial charge in [0.05, 0.1) is 11.3 Å². The van der Waals surface area contributed by atoms with Crippen LogP contribution in [0.4, 0.5) is 11.4 Å². The number of aromatic nitrogens is 2. The van der Waals surface area contributed by atoms with Crippen LogP contribution in [0.15, 0.2) is 61.2 Å². The lowest BCUT2D eigenvalue weighted by Gasteiger charge is -2.11. The number of benzene rings is 1. The van der Waals surface area contributed by atoms with Gasteiger partial charge in [-0.15, -0.1) is 0 Å². The van der Waals surface area contributed by atoms with Gasteiger partial charge in [-0.2, -0.15) is 0 Å². The molecule has 0 saturated carbocycles. The highest BCUT2D eigenvalue weighted by Crippen LogP contribution is 2.19. The molecule has 25 heavy (non-hydrogen) atoms. The molecule has 0 aliphatic heterocycles. The van der Waals surface area contributed by atoms with E-state index in [1.165, 1.54) is 0 Å². The third-order valence-corrected chi connectivity index (χ3v) is 4.10. The van der Waals surface area contributed by atoms with E-state index < -0.39 is 0 Å². The number of carbonyl (C=O) groups excluding carboxylic acids is 1. The van der Waals surface area contributed by atoms with Crippen LogP contribution in [0.25, 0.3) is 0 Å². The summed E-state index contributed by atoms with van der Waals surface area (Å²) in [4.78, 5) is 20.7. The van der Waals surface area contributed by atoms with E-state index in [1.807, 2.05) is 44.2 Å². The van der Waals surface area contributed by atoms with Crippen LogP contribution in [0, 0.1) is 13.8 Å². The molecule has 0 bridgehead atoms. The molecule has 0 aliphatic rings. The fraction of sp³-hybridized carbons (Fsp3) is 0.150. The third kappa shape index (κ3) is 4.20. The average molecular weight is 332 g/mol. The third-order valence-electron chi connectivity index (χ3n) is 4.10. The van der Waals surface area contributed by atoms with E-state index in [2.05, 4.69) is 20.6 Å². The molecule has 1 amide bonds. The molecule has 5 heteroatoms. The summed E-state index contributed by atoms with van der Waals surface area (Å²) in [6.07, 6.45) is 6.78. The highest BCUT2D eigenvalue weighted by molar-refractivity contribution is 6.05. The number of pyridine rings is 2. The summed E-state index contributed by atoms with van der Waals surface area (Å²) >= 11 is 0. The van der Waals surface area contributed by atoms with Gasteiger partial charge in [0.1, 0.15) is 0 Å². The summed E-state index contributed by atoms with van der Waals surface area (Å²) in [6.45, 7) is 4.67. The Bertz CT molecular complexity index is 878. The number of nitrogens with zero attached hydrogens (tertiary/aromatic N) is 2. The van der Waals surface area contributed by atoms with Crippen LogP contribution >= 0.6 is 0 Å². The first-order chi connectivity index (χ1) is 12.1. The minimum absolute atomic E-state index is 0.172. The van der Waals surface area contributed by atoms with E-state index in [9.17, 15) is 4.79 Å². The number of rotatable bonds is 5. The Labute approximate surface area is 147 Å². The van der Waals surface area contributed by atoms with Gasteiger partial charge in [-0.3, -0.25) is 14.8 Å². The second-order valence-electron chi connectivity index (χ2n) is 5.87. The summed E-state index contributed by atoms with van der Waals surface area (Å²) < 4.78 is 0. The fourth-order valence-electron chi connectivity index (χ4n) is 2.45. The normalized spacial score (nSPS) is 10.3. The predicted molar refractivity (Wildman–Crippen MR) is 99.7 cm³/mol. The predicted octanol–water partition coefficient (Wildman–Crippen LogP) is 3.96. The van der Waals surface area contributed by atoms with Gasteiger partial charge in [-0.1, -0.05) is 12.1 Å². The topological polar surface area (TPSA) is 66.9 Å². The maximum Gasteiger partial charge on any atom is 0.257 e. The Morgan fingerprint density at radius 2 is 1.84 bits per heavy atom. The average Bonchev–Trinajstić information content (AvgIpc) is 2.65. The van der Waals surface area contributed by atoms with Crippen molar-refractivity contribution in [3.63, 3.8) is 0 Å². The molecule has 1 aromatic carbocycles. The largest absolute Gasteiger partial charge is 0.380 e. The lowest BCUT2D eigenvalue weighted by Crippen LogP contribution is -2.14. The molecule has 5 nitrogen and oxygen atoms in total. The number of carbonyl (C=O) groups is 1. The quantitative estimate of drug-likeness (QED) is 0.742. The van der Waals surface area contributed by atoms with Crippen molar-refractivity contribution in [2.45, 2.75) is 20.4 Å². The molecule has 0 fully saturated rings. The molecular formula is C20H20N4O. The SMILES string of the molecule is Cc1cccc(NC(=O)c2cncc(NCc3ccncc3)c2)c1C. The molecule has 2 heterocycles. The van der Waals surface area contributed by atoms with Gasteiger partial charge < -0.3 is 10.6 Å². The van der Waals surface area contributed by atoms with Gasteiger partial charge in [-0.25, -0.2) is 0 Å². The Kier molecular flexibility index (Phi) is 5.04. The van der Waals surface area contributed by atoms with E-state index >= 15 is 0 Å². The first-order valence-corrected chi connectivity index (χ1v) is 8.09. The number of amides is 1. The summed E-state index contributed by atoms with van der Waals surface area (Å²) in [5.74, 6) is -0.172. The molecule has 0 aliphatic carbocycles. The number of aryl methyl sites for hydroxylation is 1. The zero-order chi connectivity index (χ0) is 17.6. The highest BCUT2D eigenvalue weighted by Gasteiger charge is 2.10. The van der Waals surface area contributed by atoms with Crippen LogP contribution in [0.2, 0.25) is 0 Å². The second-order valence-corrected chi connectivity index (χ2v) is 5.87. The van der Waals surface area contributed by atoms with Gasteiger partial charge in [0, 0.05) is 37.0 Å². The van der Waals surface area contributed by atoms with Crippen LogP contribution in [-0.4, -0.2) is 15.9 Å². The maximum absolute atomic E-state index is 12.5. The molecule has 3 rings (SSSR count). The maximum atomic E-state index is 12.5. The smallest absolute Gasteiger partial charge is 0.257 e. The van der Waals surface area contributed by atoms with E-state index in [0.29, 0.717) is 12.1 Å². The van der Waals surface area contributed by atoms with Crippen LogP contribution in [0.3, 0.4) is 0 Å². The summed E-state index contributed by atoms with van der Waals surface area (Å²) in [5.41, 5.74) is 5.45. The Morgan fingerprint density at radius 3 is 2.64 bits per heavy atom. The zero-order valence-corrected chi connectivity index (χ0v) is 14.3. The Morgan fingerprint density at radius 1 is 1.04 bits per heavy atom. The molecule has 0 atom stereocenters. The first kappa shape index (κ1) is 16.6. The summed E-state index contributed by atoms with van der Waals surface area (Å²) in [5, 5.41) is 6.22. The molecule has 2 N–H and O–H groups in total. The number of hydrogen-bond acceptors (Lipinski definition) is 4. The second kappa shape index (κ2) is 7.57. The molecule has 126 valence electrons. The van der Waals surface area contributed by atoms with Gasteiger partial charge >= 0.3 is 0 Å². The zero-order valence-electron chi connectivity index (χ0n) is 14.3. The number of hydrogen-bond donors (Lipinski definition) is 2. The standard InChI is InChI=1S/C20H20N4O/c1-14-4-3-5-19(15(14)2)24-20(25)17-10-18(13-22-12-17)23-11-16-6-8-21-9-7-16/h3-10,12-13,23H,11H2,1-2H3,(H,24,25). The van der Waals surface area contributed by atoms with Crippen LogP contribution in [0.1, 0.15) is 27.0 Å².